The van der Waals surface area contributed by atoms with E-state index in [1.54, 1.807) is 12.4 Å². The van der Waals surface area contributed by atoms with Crippen molar-refractivity contribution in [1.82, 2.24) is 9.55 Å². The van der Waals surface area contributed by atoms with Gasteiger partial charge in [-0.2, -0.15) is 0 Å². The molecule has 0 atom stereocenters. The van der Waals surface area contributed by atoms with Crippen molar-refractivity contribution >= 4 is 29.5 Å². The van der Waals surface area contributed by atoms with Gasteiger partial charge in [-0.3, -0.25) is 9.36 Å². The van der Waals surface area contributed by atoms with Crippen LogP contribution in [0.1, 0.15) is 39.4 Å². The molecule has 110 valence electrons. The Bertz CT molecular complexity index is 705. The Hall–Kier alpha value is -1.66. The quantitative estimate of drug-likeness (QED) is 0.752. The van der Waals surface area contributed by atoms with E-state index in [9.17, 15) is 4.79 Å². The van der Waals surface area contributed by atoms with Crippen LogP contribution in [-0.4, -0.2) is 33.8 Å². The van der Waals surface area contributed by atoms with Crippen molar-refractivity contribution in [2.24, 2.45) is 0 Å². The lowest BCUT2D eigenvalue weighted by molar-refractivity contribution is 0.00578. The molecule has 1 aliphatic heterocycles. The molecule has 5 nitrogen and oxygen atoms in total. The molecule has 0 unspecified atom stereocenters. The molecular weight excluding hydrogens is 267 g/mol. The van der Waals surface area contributed by atoms with Crippen molar-refractivity contribution in [2.75, 3.05) is 0 Å². The predicted molar refractivity (Wildman–Crippen MR) is 81.7 cm³/mol. The van der Waals surface area contributed by atoms with Crippen LogP contribution in [0.5, 0.6) is 0 Å². The van der Waals surface area contributed by atoms with Crippen molar-refractivity contribution in [1.29, 1.82) is 0 Å². The van der Waals surface area contributed by atoms with E-state index in [1.807, 2.05) is 39.8 Å². The molecule has 2 aromatic heterocycles. The average molecular weight is 286 g/mol. The van der Waals surface area contributed by atoms with Crippen LogP contribution in [0.15, 0.2) is 24.5 Å². The number of carbonyl (C=O) groups is 1. The van der Waals surface area contributed by atoms with Crippen molar-refractivity contribution in [3.63, 3.8) is 0 Å². The van der Waals surface area contributed by atoms with E-state index in [0.717, 1.165) is 10.8 Å². The van der Waals surface area contributed by atoms with Crippen molar-refractivity contribution < 1.29 is 14.1 Å². The number of aromatic nitrogens is 2. The van der Waals surface area contributed by atoms with Gasteiger partial charge in [-0.05, 0) is 33.8 Å². The van der Waals surface area contributed by atoms with Gasteiger partial charge >= 0.3 is 7.12 Å². The number of hydrogen-bond donors (Lipinski definition) is 0. The minimum absolute atomic E-state index is 0.0820. The first-order valence-corrected chi connectivity index (χ1v) is 7.05. The predicted octanol–water partition coefficient (Wildman–Crippen LogP) is 2.00. The molecule has 0 aromatic carbocycles. The molecule has 2 aromatic rings. The molecule has 21 heavy (non-hydrogen) atoms. The summed E-state index contributed by atoms with van der Waals surface area (Å²) in [7, 11) is -0.498. The molecular formula is C15H19BN2O3. The first-order valence-electron chi connectivity index (χ1n) is 7.05. The summed E-state index contributed by atoms with van der Waals surface area (Å²) < 4.78 is 13.7. The van der Waals surface area contributed by atoms with E-state index in [0.29, 0.717) is 5.65 Å². The fourth-order valence-corrected chi connectivity index (χ4v) is 2.48. The molecule has 0 spiro atoms. The van der Waals surface area contributed by atoms with E-state index in [4.69, 9.17) is 9.31 Å². The van der Waals surface area contributed by atoms with Gasteiger partial charge in [-0.15, -0.1) is 0 Å². The number of rotatable bonds is 1. The van der Waals surface area contributed by atoms with E-state index in [-0.39, 0.29) is 5.91 Å². The maximum absolute atomic E-state index is 11.8. The highest BCUT2D eigenvalue weighted by atomic mass is 16.7. The van der Waals surface area contributed by atoms with Gasteiger partial charge in [0, 0.05) is 30.2 Å². The third-order valence-corrected chi connectivity index (χ3v) is 4.44. The molecule has 0 bridgehead atoms. The first-order chi connectivity index (χ1) is 9.73. The Kier molecular flexibility index (Phi) is 3.01. The second kappa shape index (κ2) is 4.42. The monoisotopic (exact) mass is 286 g/mol. The lowest BCUT2D eigenvalue weighted by Crippen LogP contribution is -2.41. The molecule has 0 saturated carbocycles. The van der Waals surface area contributed by atoms with Crippen molar-refractivity contribution in [3.8, 4) is 0 Å². The Morgan fingerprint density at radius 2 is 1.86 bits per heavy atom. The number of hydrogen-bond acceptors (Lipinski definition) is 4. The van der Waals surface area contributed by atoms with E-state index < -0.39 is 18.3 Å². The maximum Gasteiger partial charge on any atom is 0.497 e. The fraction of sp³-hybridized carbons (Fsp3) is 0.467. The number of nitrogens with zero attached hydrogens (tertiary/aromatic N) is 2. The van der Waals surface area contributed by atoms with Crippen LogP contribution in [0, 0.1) is 0 Å². The minimum Gasteiger partial charge on any atom is -0.399 e. The molecule has 0 aliphatic carbocycles. The summed E-state index contributed by atoms with van der Waals surface area (Å²) in [5.74, 6) is -0.0820. The summed E-state index contributed by atoms with van der Waals surface area (Å²) in [5.41, 5.74) is 0.649. The van der Waals surface area contributed by atoms with Gasteiger partial charge in [-0.25, -0.2) is 4.98 Å². The molecule has 3 rings (SSSR count). The van der Waals surface area contributed by atoms with Gasteiger partial charge in [-0.1, -0.05) is 6.07 Å². The largest absolute Gasteiger partial charge is 0.497 e. The second-order valence-electron chi connectivity index (χ2n) is 6.44. The molecule has 1 aliphatic rings. The minimum atomic E-state index is -0.498. The summed E-state index contributed by atoms with van der Waals surface area (Å²) in [6.07, 6.45) is 3.44. The third kappa shape index (κ3) is 2.10. The SMILES string of the molecule is CC(=O)n1cc(B2OC(C)(C)C(C)(C)O2)c2cccnc21. The van der Waals surface area contributed by atoms with Gasteiger partial charge in [0.05, 0.1) is 11.2 Å². The van der Waals surface area contributed by atoms with Gasteiger partial charge in [0.1, 0.15) is 5.65 Å². The van der Waals surface area contributed by atoms with Crippen LogP contribution in [0.4, 0.5) is 0 Å². The van der Waals surface area contributed by atoms with Gasteiger partial charge < -0.3 is 9.31 Å². The van der Waals surface area contributed by atoms with Crippen LogP contribution in [0.3, 0.4) is 0 Å². The average Bonchev–Trinajstić information content (AvgIpc) is 2.85. The Morgan fingerprint density at radius 3 is 2.43 bits per heavy atom. The highest BCUT2D eigenvalue weighted by Crippen LogP contribution is 2.37. The zero-order chi connectivity index (χ0) is 15.4. The van der Waals surface area contributed by atoms with Crippen LogP contribution in [0.25, 0.3) is 11.0 Å². The molecule has 1 saturated heterocycles. The molecule has 3 heterocycles. The summed E-state index contributed by atoms with van der Waals surface area (Å²) in [6.45, 7) is 9.55. The Labute approximate surface area is 124 Å². The van der Waals surface area contributed by atoms with E-state index >= 15 is 0 Å². The van der Waals surface area contributed by atoms with Crippen LogP contribution < -0.4 is 5.46 Å². The number of carbonyl (C=O) groups excluding carboxylic acids is 1. The van der Waals surface area contributed by atoms with Crippen molar-refractivity contribution in [2.45, 2.75) is 45.8 Å². The van der Waals surface area contributed by atoms with Gasteiger partial charge in [0.25, 0.3) is 0 Å². The summed E-state index contributed by atoms with van der Waals surface area (Å²) >= 11 is 0. The fourth-order valence-electron chi connectivity index (χ4n) is 2.48. The second-order valence-corrected chi connectivity index (χ2v) is 6.44. The van der Waals surface area contributed by atoms with Crippen molar-refractivity contribution in [3.05, 3.63) is 24.5 Å². The molecule has 6 heteroatoms. The van der Waals surface area contributed by atoms with Crippen LogP contribution in [0.2, 0.25) is 0 Å². The number of fused-ring (bicyclic) bond motifs is 1. The summed E-state index contributed by atoms with van der Waals surface area (Å²) in [4.78, 5) is 16.1. The first kappa shape index (κ1) is 14.3. The molecule has 1 fully saturated rings. The topological polar surface area (TPSA) is 53.4 Å². The highest BCUT2D eigenvalue weighted by molar-refractivity contribution is 6.65. The summed E-state index contributed by atoms with van der Waals surface area (Å²) in [5, 5.41) is 0.881. The molecule has 0 amide bonds. The zero-order valence-electron chi connectivity index (χ0n) is 13.0. The van der Waals surface area contributed by atoms with Gasteiger partial charge in [0.2, 0.25) is 5.91 Å². The number of pyridine rings is 1. The Balaban J connectivity index is 2.13. The highest BCUT2D eigenvalue weighted by Gasteiger charge is 2.52. The van der Waals surface area contributed by atoms with Crippen LogP contribution in [-0.2, 0) is 9.31 Å². The summed E-state index contributed by atoms with van der Waals surface area (Å²) in [6, 6.07) is 3.78. The molecule has 0 radical (unpaired) electrons. The molecule has 0 N–H and O–H groups in total. The normalized spacial score (nSPS) is 20.1. The smallest absolute Gasteiger partial charge is 0.399 e. The third-order valence-electron chi connectivity index (χ3n) is 4.44. The van der Waals surface area contributed by atoms with E-state index in [2.05, 4.69) is 4.98 Å². The lowest BCUT2D eigenvalue weighted by Gasteiger charge is -2.32. The Morgan fingerprint density at radius 1 is 1.24 bits per heavy atom. The zero-order valence-corrected chi connectivity index (χ0v) is 13.0. The standard InChI is InChI=1S/C15H19BN2O3/c1-10(19)18-9-12(11-7-6-8-17-13(11)18)16-20-14(2,3)15(4,5)21-16/h6-9H,1-5H3. The van der Waals surface area contributed by atoms with E-state index in [1.165, 1.54) is 11.5 Å². The van der Waals surface area contributed by atoms with Gasteiger partial charge in [0.15, 0.2) is 0 Å². The van der Waals surface area contributed by atoms with Crippen LogP contribution >= 0.6 is 0 Å². The maximum atomic E-state index is 11.8. The lowest BCUT2D eigenvalue weighted by atomic mass is 9.79.